The molecule has 4 amide bonds. The minimum atomic E-state index is -0.862. The number of imide groups is 1. The van der Waals surface area contributed by atoms with Crippen molar-refractivity contribution in [2.45, 2.75) is 58.0 Å². The van der Waals surface area contributed by atoms with Gasteiger partial charge in [0.2, 0.25) is 5.91 Å². The fourth-order valence-corrected chi connectivity index (χ4v) is 2.98. The van der Waals surface area contributed by atoms with Gasteiger partial charge in [-0.15, -0.1) is 0 Å². The zero-order valence-corrected chi connectivity index (χ0v) is 15.2. The highest BCUT2D eigenvalue weighted by molar-refractivity contribution is 6.06. The number of carbonyl (C=O) groups excluding carboxylic acids is 3. The lowest BCUT2D eigenvalue weighted by molar-refractivity contribution is -0.130. The van der Waals surface area contributed by atoms with Crippen molar-refractivity contribution in [3.63, 3.8) is 0 Å². The van der Waals surface area contributed by atoms with Crippen molar-refractivity contribution in [2.75, 3.05) is 6.54 Å². The second-order valence-corrected chi connectivity index (χ2v) is 6.93. The summed E-state index contributed by atoms with van der Waals surface area (Å²) in [5.41, 5.74) is 0.229. The Morgan fingerprint density at radius 1 is 1.24 bits per heavy atom. The summed E-state index contributed by atoms with van der Waals surface area (Å²) in [6.07, 6.45) is 2.58. The fourth-order valence-electron chi connectivity index (χ4n) is 2.98. The predicted molar refractivity (Wildman–Crippen MR) is 95.8 cm³/mol. The molecule has 0 radical (unpaired) electrons. The molecule has 0 aliphatic carbocycles. The van der Waals surface area contributed by atoms with Gasteiger partial charge in [0.25, 0.3) is 5.91 Å². The van der Waals surface area contributed by atoms with Gasteiger partial charge in [0, 0.05) is 13.0 Å². The van der Waals surface area contributed by atoms with Crippen LogP contribution in [0.1, 0.15) is 58.1 Å². The third kappa shape index (κ3) is 4.81. The van der Waals surface area contributed by atoms with E-state index in [1.165, 1.54) is 4.90 Å². The van der Waals surface area contributed by atoms with Crippen molar-refractivity contribution in [1.82, 2.24) is 15.5 Å². The number of hydrogen-bond donors (Lipinski definition) is 2. The minimum Gasteiger partial charge on any atom is -0.349 e. The Bertz CT molecular complexity index is 628. The number of nitrogens with zero attached hydrogens (tertiary/aromatic N) is 1. The Labute approximate surface area is 149 Å². The highest BCUT2D eigenvalue weighted by atomic mass is 16.2. The molecular weight excluding hydrogens is 318 g/mol. The number of amides is 4. The van der Waals surface area contributed by atoms with Gasteiger partial charge in [-0.25, -0.2) is 4.79 Å². The van der Waals surface area contributed by atoms with Crippen LogP contribution >= 0.6 is 0 Å². The van der Waals surface area contributed by atoms with Gasteiger partial charge in [0.15, 0.2) is 0 Å². The second-order valence-electron chi connectivity index (χ2n) is 6.93. The van der Waals surface area contributed by atoms with Gasteiger partial charge in [0.1, 0.15) is 5.54 Å². The monoisotopic (exact) mass is 345 g/mol. The number of hydrogen-bond acceptors (Lipinski definition) is 3. The molecule has 1 aliphatic rings. The quantitative estimate of drug-likeness (QED) is 0.711. The average molecular weight is 345 g/mol. The Hall–Kier alpha value is -2.37. The molecule has 1 aliphatic heterocycles. The molecule has 1 aromatic carbocycles. The molecule has 1 fully saturated rings. The number of benzene rings is 1. The van der Waals surface area contributed by atoms with E-state index < -0.39 is 5.54 Å². The summed E-state index contributed by atoms with van der Waals surface area (Å²) in [6.45, 7) is 5.69. The van der Waals surface area contributed by atoms with Crippen molar-refractivity contribution in [3.8, 4) is 0 Å². The second kappa shape index (κ2) is 8.14. The van der Waals surface area contributed by atoms with E-state index >= 15 is 0 Å². The first kappa shape index (κ1) is 19.0. The topological polar surface area (TPSA) is 78.5 Å². The van der Waals surface area contributed by atoms with Crippen molar-refractivity contribution >= 4 is 17.8 Å². The smallest absolute Gasteiger partial charge is 0.325 e. The molecule has 0 saturated carbocycles. The zero-order chi connectivity index (χ0) is 18.4. The van der Waals surface area contributed by atoms with Crippen LogP contribution in [0.5, 0.6) is 0 Å². The summed E-state index contributed by atoms with van der Waals surface area (Å²) in [7, 11) is 0. The van der Waals surface area contributed by atoms with Crippen LogP contribution in [0, 0.1) is 0 Å². The van der Waals surface area contributed by atoms with Crippen LogP contribution in [0.2, 0.25) is 0 Å². The standard InChI is InChI=1S/C19H27N3O3/c1-4-9-15(14-10-6-5-7-11-14)20-16(23)12-8-13-22-17(24)19(2,3)21-18(22)25/h5-7,10-11,15H,4,8-9,12-13H2,1-3H3,(H,20,23)(H,21,25). The minimum absolute atomic E-state index is 0.00523. The van der Waals surface area contributed by atoms with Crippen LogP contribution in [-0.2, 0) is 9.59 Å². The van der Waals surface area contributed by atoms with E-state index in [0.717, 1.165) is 18.4 Å². The third-order valence-electron chi connectivity index (χ3n) is 4.34. The third-order valence-corrected chi connectivity index (χ3v) is 4.34. The van der Waals surface area contributed by atoms with Crippen LogP contribution in [0.4, 0.5) is 4.79 Å². The largest absolute Gasteiger partial charge is 0.349 e. The molecule has 0 bridgehead atoms. The SMILES string of the molecule is CCCC(NC(=O)CCCN1C(=O)NC(C)(C)C1=O)c1ccccc1. The molecule has 1 unspecified atom stereocenters. The first-order valence-electron chi connectivity index (χ1n) is 8.83. The molecule has 1 atom stereocenters. The van der Waals surface area contributed by atoms with Crippen LogP contribution in [0.15, 0.2) is 30.3 Å². The van der Waals surface area contributed by atoms with Crippen molar-refractivity contribution in [2.24, 2.45) is 0 Å². The van der Waals surface area contributed by atoms with Gasteiger partial charge in [-0.2, -0.15) is 0 Å². The normalized spacial score (nSPS) is 17.3. The van der Waals surface area contributed by atoms with E-state index in [2.05, 4.69) is 17.6 Å². The maximum Gasteiger partial charge on any atom is 0.325 e. The van der Waals surface area contributed by atoms with E-state index in [0.29, 0.717) is 6.42 Å². The van der Waals surface area contributed by atoms with Gasteiger partial charge in [-0.1, -0.05) is 43.7 Å². The molecule has 0 spiro atoms. The molecule has 25 heavy (non-hydrogen) atoms. The van der Waals surface area contributed by atoms with Crippen molar-refractivity contribution < 1.29 is 14.4 Å². The van der Waals surface area contributed by atoms with Crippen LogP contribution in [0.25, 0.3) is 0 Å². The summed E-state index contributed by atoms with van der Waals surface area (Å²) < 4.78 is 0. The number of carbonyl (C=O) groups is 3. The van der Waals surface area contributed by atoms with Crippen molar-refractivity contribution in [3.05, 3.63) is 35.9 Å². The summed E-state index contributed by atoms with van der Waals surface area (Å²) in [5.74, 6) is -0.306. The van der Waals surface area contributed by atoms with E-state index in [1.807, 2.05) is 30.3 Å². The lowest BCUT2D eigenvalue weighted by atomic mass is 10.0. The van der Waals surface area contributed by atoms with Gasteiger partial charge >= 0.3 is 6.03 Å². The van der Waals surface area contributed by atoms with Crippen LogP contribution in [-0.4, -0.2) is 34.8 Å². The molecule has 1 saturated heterocycles. The van der Waals surface area contributed by atoms with Crippen LogP contribution in [0.3, 0.4) is 0 Å². The van der Waals surface area contributed by atoms with E-state index in [1.54, 1.807) is 13.8 Å². The summed E-state index contributed by atoms with van der Waals surface area (Å²) in [6, 6.07) is 9.50. The number of rotatable bonds is 8. The fraction of sp³-hybridized carbons (Fsp3) is 0.526. The molecule has 0 aromatic heterocycles. The maximum absolute atomic E-state index is 12.3. The highest BCUT2D eigenvalue weighted by Gasteiger charge is 2.43. The summed E-state index contributed by atoms with van der Waals surface area (Å²) >= 11 is 0. The molecule has 2 N–H and O–H groups in total. The molecular formula is C19H27N3O3. The van der Waals surface area contributed by atoms with Gasteiger partial charge in [0.05, 0.1) is 6.04 Å². The first-order chi connectivity index (χ1) is 11.8. The Kier molecular flexibility index (Phi) is 6.17. The molecule has 6 heteroatoms. The first-order valence-corrected chi connectivity index (χ1v) is 8.83. The van der Waals surface area contributed by atoms with Gasteiger partial charge in [-0.05, 0) is 32.3 Å². The van der Waals surface area contributed by atoms with Crippen LogP contribution < -0.4 is 10.6 Å². The Morgan fingerprint density at radius 2 is 1.92 bits per heavy atom. The van der Waals surface area contributed by atoms with E-state index in [4.69, 9.17) is 0 Å². The Balaban J connectivity index is 1.84. The van der Waals surface area contributed by atoms with Crippen molar-refractivity contribution in [1.29, 1.82) is 0 Å². The average Bonchev–Trinajstić information content (AvgIpc) is 2.77. The lowest BCUT2D eigenvalue weighted by Crippen LogP contribution is -2.40. The van der Waals surface area contributed by atoms with Gasteiger partial charge in [-0.3, -0.25) is 14.5 Å². The van der Waals surface area contributed by atoms with E-state index in [9.17, 15) is 14.4 Å². The predicted octanol–water partition coefficient (Wildman–Crippen LogP) is 2.75. The highest BCUT2D eigenvalue weighted by Crippen LogP contribution is 2.19. The zero-order valence-electron chi connectivity index (χ0n) is 15.2. The molecule has 136 valence electrons. The molecule has 1 heterocycles. The summed E-state index contributed by atoms with van der Waals surface area (Å²) in [4.78, 5) is 37.4. The maximum atomic E-state index is 12.3. The molecule has 6 nitrogen and oxygen atoms in total. The number of urea groups is 1. The summed E-state index contributed by atoms with van der Waals surface area (Å²) in [5, 5.41) is 5.69. The molecule has 1 aromatic rings. The molecule has 2 rings (SSSR count). The van der Waals surface area contributed by atoms with E-state index in [-0.39, 0.29) is 36.9 Å². The van der Waals surface area contributed by atoms with Gasteiger partial charge < -0.3 is 10.6 Å². The Morgan fingerprint density at radius 3 is 2.48 bits per heavy atom. The number of nitrogens with one attached hydrogen (secondary N) is 2. The lowest BCUT2D eigenvalue weighted by Gasteiger charge is -2.19.